The Morgan fingerprint density at radius 1 is 1.20 bits per heavy atom. The Morgan fingerprint density at radius 2 is 1.93 bits per heavy atom. The molecule has 0 fully saturated rings. The Kier molecular flexibility index (Phi) is 9.67. The minimum Gasteiger partial charge on any atom is -0.493 e. The molecule has 2 aromatic carbocycles. The molecule has 0 saturated carbocycles. The fraction of sp³-hybridized carbons (Fsp3) is 0.391. The number of unbranched alkanes of at least 4 members (excludes halogenated alkanes) is 1. The Balaban J connectivity index is 1.94. The Bertz CT molecular complexity index is 953. The minimum absolute atomic E-state index is 0.0253. The van der Waals surface area contributed by atoms with Crippen LogP contribution >= 0.6 is 11.6 Å². The standard InChI is InChI=1S/C23H29ClN2O3S/c1-4-6-16-29-23-12-9-21(24)17-20(23)18-26(3)15-13-19-7-10-22(11-8-19)30(27,28)25-14-5-2/h2,7-12,17,25H,4,6,13-16,18H2,1,3H3. The second kappa shape index (κ2) is 12.0. The number of rotatable bonds is 12. The van der Waals surface area contributed by atoms with Crippen molar-refractivity contribution in [3.8, 4) is 18.1 Å². The maximum absolute atomic E-state index is 12.1. The molecule has 0 atom stereocenters. The zero-order valence-electron chi connectivity index (χ0n) is 17.5. The van der Waals surface area contributed by atoms with Gasteiger partial charge in [0.2, 0.25) is 10.0 Å². The fourth-order valence-corrected chi connectivity index (χ4v) is 4.01. The van der Waals surface area contributed by atoms with Gasteiger partial charge in [-0.05, 0) is 55.8 Å². The van der Waals surface area contributed by atoms with Crippen LogP contribution in [0.2, 0.25) is 5.02 Å². The van der Waals surface area contributed by atoms with E-state index in [4.69, 9.17) is 22.8 Å². The molecule has 2 rings (SSSR count). The predicted octanol–water partition coefficient (Wildman–Crippen LogP) is 4.10. The molecule has 0 aliphatic rings. The summed E-state index contributed by atoms with van der Waals surface area (Å²) < 4.78 is 32.4. The number of hydrogen-bond donors (Lipinski definition) is 1. The summed E-state index contributed by atoms with van der Waals surface area (Å²) in [5.74, 6) is 3.14. The van der Waals surface area contributed by atoms with Gasteiger partial charge in [0, 0.05) is 23.7 Å². The molecule has 0 spiro atoms. The van der Waals surface area contributed by atoms with Crippen LogP contribution in [0.25, 0.3) is 0 Å². The number of likely N-dealkylation sites (N-methyl/N-ethyl adjacent to an activating group) is 1. The quantitative estimate of drug-likeness (QED) is 0.392. The van der Waals surface area contributed by atoms with Crippen LogP contribution in [0, 0.1) is 12.3 Å². The van der Waals surface area contributed by atoms with E-state index in [0.717, 1.165) is 42.7 Å². The maximum Gasteiger partial charge on any atom is 0.241 e. The van der Waals surface area contributed by atoms with Gasteiger partial charge in [0.15, 0.2) is 0 Å². The molecule has 2 aromatic rings. The Hall–Kier alpha value is -2.04. The van der Waals surface area contributed by atoms with E-state index in [-0.39, 0.29) is 11.4 Å². The van der Waals surface area contributed by atoms with Gasteiger partial charge in [-0.25, -0.2) is 8.42 Å². The van der Waals surface area contributed by atoms with Crippen LogP contribution in [-0.4, -0.2) is 40.1 Å². The van der Waals surface area contributed by atoms with Crippen LogP contribution in [0.1, 0.15) is 30.9 Å². The fourth-order valence-electron chi connectivity index (χ4n) is 2.88. The summed E-state index contributed by atoms with van der Waals surface area (Å²) in [6, 6.07) is 12.6. The van der Waals surface area contributed by atoms with E-state index < -0.39 is 10.0 Å². The lowest BCUT2D eigenvalue weighted by Gasteiger charge is -2.19. The third kappa shape index (κ3) is 7.66. The highest BCUT2D eigenvalue weighted by atomic mass is 35.5. The highest BCUT2D eigenvalue weighted by Crippen LogP contribution is 2.24. The lowest BCUT2D eigenvalue weighted by molar-refractivity contribution is 0.289. The number of hydrogen-bond acceptors (Lipinski definition) is 4. The number of nitrogens with zero attached hydrogens (tertiary/aromatic N) is 1. The molecule has 0 bridgehead atoms. The normalized spacial score (nSPS) is 11.4. The van der Waals surface area contributed by atoms with Crippen LogP contribution in [-0.2, 0) is 23.0 Å². The van der Waals surface area contributed by atoms with Gasteiger partial charge in [-0.1, -0.05) is 43.0 Å². The number of terminal acetylenes is 1. The summed E-state index contributed by atoms with van der Waals surface area (Å²) in [5.41, 5.74) is 2.12. The van der Waals surface area contributed by atoms with Crippen molar-refractivity contribution >= 4 is 21.6 Å². The molecule has 0 radical (unpaired) electrons. The molecule has 0 heterocycles. The van der Waals surface area contributed by atoms with E-state index >= 15 is 0 Å². The van der Waals surface area contributed by atoms with Crippen molar-refractivity contribution in [2.45, 2.75) is 37.6 Å². The summed E-state index contributed by atoms with van der Waals surface area (Å²) in [5, 5.41) is 0.691. The topological polar surface area (TPSA) is 58.6 Å². The summed E-state index contributed by atoms with van der Waals surface area (Å²) >= 11 is 6.18. The highest BCUT2D eigenvalue weighted by molar-refractivity contribution is 7.89. The molecule has 1 N–H and O–H groups in total. The average Bonchev–Trinajstić information content (AvgIpc) is 2.73. The van der Waals surface area contributed by atoms with Crippen molar-refractivity contribution in [1.29, 1.82) is 0 Å². The first-order valence-corrected chi connectivity index (χ1v) is 11.8. The SMILES string of the molecule is C#CCNS(=O)(=O)c1ccc(CCN(C)Cc2cc(Cl)ccc2OCCCC)cc1. The molecule has 0 aromatic heterocycles. The van der Waals surface area contributed by atoms with E-state index in [2.05, 4.69) is 22.5 Å². The Labute approximate surface area is 185 Å². The molecular formula is C23H29ClN2O3S. The van der Waals surface area contributed by atoms with Gasteiger partial charge >= 0.3 is 0 Å². The largest absolute Gasteiger partial charge is 0.493 e. The second-order valence-corrected chi connectivity index (χ2v) is 9.32. The van der Waals surface area contributed by atoms with E-state index in [1.54, 1.807) is 12.1 Å². The van der Waals surface area contributed by atoms with Crippen LogP contribution in [0.5, 0.6) is 5.75 Å². The molecule has 0 amide bonds. The minimum atomic E-state index is -3.56. The van der Waals surface area contributed by atoms with Crippen LogP contribution < -0.4 is 9.46 Å². The molecule has 0 aliphatic carbocycles. The number of nitrogens with one attached hydrogen (secondary N) is 1. The monoisotopic (exact) mass is 448 g/mol. The summed E-state index contributed by atoms with van der Waals surface area (Å²) in [7, 11) is -1.52. The molecule has 162 valence electrons. The number of halogens is 1. The zero-order chi connectivity index (χ0) is 22.0. The maximum atomic E-state index is 12.1. The zero-order valence-corrected chi connectivity index (χ0v) is 19.1. The van der Waals surface area contributed by atoms with Crippen molar-refractivity contribution in [2.75, 3.05) is 26.7 Å². The van der Waals surface area contributed by atoms with Gasteiger partial charge in [-0.3, -0.25) is 0 Å². The first-order valence-electron chi connectivity index (χ1n) is 9.97. The highest BCUT2D eigenvalue weighted by Gasteiger charge is 2.13. The van der Waals surface area contributed by atoms with E-state index in [0.29, 0.717) is 18.2 Å². The predicted molar refractivity (Wildman–Crippen MR) is 122 cm³/mol. The third-order valence-corrected chi connectivity index (χ3v) is 6.25. The third-order valence-electron chi connectivity index (χ3n) is 4.60. The molecular weight excluding hydrogens is 420 g/mol. The van der Waals surface area contributed by atoms with Crippen LogP contribution in [0.4, 0.5) is 0 Å². The smallest absolute Gasteiger partial charge is 0.241 e. The van der Waals surface area contributed by atoms with Gasteiger partial charge in [0.05, 0.1) is 18.0 Å². The lowest BCUT2D eigenvalue weighted by atomic mass is 10.1. The van der Waals surface area contributed by atoms with E-state index in [1.807, 2.05) is 37.4 Å². The Morgan fingerprint density at radius 3 is 2.60 bits per heavy atom. The number of benzene rings is 2. The first-order chi connectivity index (χ1) is 14.4. The van der Waals surface area contributed by atoms with Crippen LogP contribution in [0.15, 0.2) is 47.4 Å². The first kappa shape index (κ1) is 24.2. The lowest BCUT2D eigenvalue weighted by Crippen LogP contribution is -2.24. The molecule has 7 heteroatoms. The van der Waals surface area contributed by atoms with E-state index in [9.17, 15) is 8.42 Å². The molecule has 0 saturated heterocycles. The van der Waals surface area contributed by atoms with Crippen molar-refractivity contribution in [1.82, 2.24) is 9.62 Å². The number of sulfonamides is 1. The molecule has 5 nitrogen and oxygen atoms in total. The van der Waals surface area contributed by atoms with Gasteiger partial charge in [-0.2, -0.15) is 4.72 Å². The second-order valence-electron chi connectivity index (χ2n) is 7.11. The summed E-state index contributed by atoms with van der Waals surface area (Å²) in [4.78, 5) is 2.40. The molecule has 0 aliphatic heterocycles. The average molecular weight is 449 g/mol. The molecule has 0 unspecified atom stereocenters. The molecule has 30 heavy (non-hydrogen) atoms. The van der Waals surface area contributed by atoms with Crippen molar-refractivity contribution < 1.29 is 13.2 Å². The van der Waals surface area contributed by atoms with Gasteiger partial charge in [0.1, 0.15) is 5.75 Å². The van der Waals surface area contributed by atoms with Crippen LogP contribution in [0.3, 0.4) is 0 Å². The summed E-state index contributed by atoms with van der Waals surface area (Å²) in [6.45, 7) is 4.32. The summed E-state index contributed by atoms with van der Waals surface area (Å²) in [6.07, 6.45) is 8.01. The van der Waals surface area contributed by atoms with Gasteiger partial charge < -0.3 is 9.64 Å². The van der Waals surface area contributed by atoms with Gasteiger partial charge in [0.25, 0.3) is 0 Å². The van der Waals surface area contributed by atoms with E-state index in [1.165, 1.54) is 0 Å². The van der Waals surface area contributed by atoms with Crippen molar-refractivity contribution in [3.05, 3.63) is 58.6 Å². The number of ether oxygens (including phenoxy) is 1. The van der Waals surface area contributed by atoms with Gasteiger partial charge in [-0.15, -0.1) is 6.42 Å². The van der Waals surface area contributed by atoms with Crippen molar-refractivity contribution in [2.24, 2.45) is 0 Å². The van der Waals surface area contributed by atoms with Crippen molar-refractivity contribution in [3.63, 3.8) is 0 Å².